The first-order chi connectivity index (χ1) is 6.79. The monoisotopic (exact) mass is 205 g/mol. The van der Waals surface area contributed by atoms with Crippen LogP contribution in [0.2, 0.25) is 0 Å². The fourth-order valence-corrected chi connectivity index (χ4v) is 1.80. The lowest BCUT2D eigenvalue weighted by Gasteiger charge is -1.95. The number of rotatable bonds is 2. The van der Waals surface area contributed by atoms with Gasteiger partial charge in [-0.25, -0.2) is 9.97 Å². The van der Waals surface area contributed by atoms with E-state index in [2.05, 4.69) is 15.0 Å². The van der Waals surface area contributed by atoms with Gasteiger partial charge < -0.3 is 0 Å². The Morgan fingerprint density at radius 1 is 1.36 bits per heavy atom. The van der Waals surface area contributed by atoms with Crippen LogP contribution in [0.1, 0.15) is 21.1 Å². The van der Waals surface area contributed by atoms with E-state index in [0.29, 0.717) is 10.6 Å². The average molecular weight is 205 g/mol. The highest BCUT2D eigenvalue weighted by molar-refractivity contribution is 7.12. The molecule has 0 fully saturated rings. The molecule has 0 saturated heterocycles. The Kier molecular flexibility index (Phi) is 2.32. The summed E-state index contributed by atoms with van der Waals surface area (Å²) in [5, 5.41) is 0. The van der Waals surface area contributed by atoms with Crippen molar-refractivity contribution in [2.75, 3.05) is 0 Å². The average Bonchev–Trinajstić information content (AvgIpc) is 2.65. The second kappa shape index (κ2) is 3.63. The van der Waals surface area contributed by atoms with Crippen LogP contribution in [0.3, 0.4) is 0 Å². The van der Waals surface area contributed by atoms with Crippen molar-refractivity contribution in [1.29, 1.82) is 0 Å². The topological polar surface area (TPSA) is 55.7 Å². The van der Waals surface area contributed by atoms with Crippen LogP contribution in [0.15, 0.2) is 24.1 Å². The smallest absolute Gasteiger partial charge is 0.224 e. The summed E-state index contributed by atoms with van der Waals surface area (Å²) < 4.78 is 0. The first-order valence-corrected chi connectivity index (χ1v) is 4.88. The summed E-state index contributed by atoms with van der Waals surface area (Å²) in [6.07, 6.45) is 4.50. The van der Waals surface area contributed by atoms with E-state index in [1.54, 1.807) is 12.4 Å². The Labute approximate surface area is 84.7 Å². The Morgan fingerprint density at radius 3 is 2.79 bits per heavy atom. The zero-order chi connectivity index (χ0) is 9.97. The fourth-order valence-electron chi connectivity index (χ4n) is 1.05. The minimum atomic E-state index is -0.113. The molecule has 5 heteroatoms. The van der Waals surface area contributed by atoms with E-state index in [0.717, 1.165) is 5.69 Å². The van der Waals surface area contributed by atoms with Gasteiger partial charge >= 0.3 is 0 Å². The number of hydrogen-bond acceptors (Lipinski definition) is 5. The maximum absolute atomic E-state index is 11.8. The summed E-state index contributed by atoms with van der Waals surface area (Å²) >= 11 is 1.32. The quantitative estimate of drug-likeness (QED) is 0.697. The molecule has 2 rings (SSSR count). The predicted octanol–water partition coefficient (Wildman–Crippen LogP) is 1.47. The number of nitrogens with zero attached hydrogens (tertiary/aromatic N) is 3. The van der Waals surface area contributed by atoms with Gasteiger partial charge in [0.2, 0.25) is 5.78 Å². The van der Waals surface area contributed by atoms with Crippen molar-refractivity contribution in [3.63, 3.8) is 0 Å². The lowest BCUT2D eigenvalue weighted by Crippen LogP contribution is -2.03. The van der Waals surface area contributed by atoms with E-state index in [1.165, 1.54) is 29.9 Å². The third-order valence-electron chi connectivity index (χ3n) is 1.75. The molecule has 14 heavy (non-hydrogen) atoms. The molecule has 0 atom stereocenters. The molecule has 2 aromatic heterocycles. The minimum absolute atomic E-state index is 0.113. The maximum atomic E-state index is 11.8. The third kappa shape index (κ3) is 1.54. The molecule has 0 aliphatic rings. The van der Waals surface area contributed by atoms with Crippen LogP contribution in [-0.2, 0) is 0 Å². The summed E-state index contributed by atoms with van der Waals surface area (Å²) in [6.45, 7) is 1.81. The van der Waals surface area contributed by atoms with Crippen LogP contribution >= 0.6 is 11.3 Å². The molecular formula is C9H7N3OS. The number of aryl methyl sites for hydroxylation is 1. The summed E-state index contributed by atoms with van der Waals surface area (Å²) in [5.41, 5.74) is 2.75. The molecule has 0 spiro atoms. The molecule has 0 amide bonds. The predicted molar refractivity (Wildman–Crippen MR) is 52.3 cm³/mol. The molecule has 0 N–H and O–H groups in total. The molecule has 0 bridgehead atoms. The second-order valence-corrected chi connectivity index (χ2v) is 3.54. The van der Waals surface area contributed by atoms with Crippen molar-refractivity contribution in [3.8, 4) is 0 Å². The number of thiazole rings is 1. The molecule has 0 aliphatic carbocycles. The number of ketones is 1. The van der Waals surface area contributed by atoms with Crippen molar-refractivity contribution < 1.29 is 4.79 Å². The molecule has 70 valence electrons. The van der Waals surface area contributed by atoms with Gasteiger partial charge in [-0.1, -0.05) is 0 Å². The molecule has 0 saturated carbocycles. The van der Waals surface area contributed by atoms with Crippen molar-refractivity contribution >= 4 is 17.1 Å². The van der Waals surface area contributed by atoms with Crippen LogP contribution in [0.4, 0.5) is 0 Å². The van der Waals surface area contributed by atoms with Gasteiger partial charge in [-0.15, -0.1) is 11.3 Å². The molecule has 4 nitrogen and oxygen atoms in total. The normalized spacial score (nSPS) is 10.1. The molecule has 0 aliphatic heterocycles. The van der Waals surface area contributed by atoms with Crippen molar-refractivity contribution in [3.05, 3.63) is 40.4 Å². The van der Waals surface area contributed by atoms with Crippen LogP contribution in [0.5, 0.6) is 0 Å². The third-order valence-corrected chi connectivity index (χ3v) is 2.67. The molecular weight excluding hydrogens is 198 g/mol. The lowest BCUT2D eigenvalue weighted by atomic mass is 10.2. The summed E-state index contributed by atoms with van der Waals surface area (Å²) in [6, 6.07) is 0. The Balaban J connectivity index is 2.39. The molecule has 0 aromatic carbocycles. The number of aromatic nitrogens is 3. The van der Waals surface area contributed by atoms with Gasteiger partial charge in [0.1, 0.15) is 5.69 Å². The summed E-state index contributed by atoms with van der Waals surface area (Å²) in [7, 11) is 0. The van der Waals surface area contributed by atoms with Crippen LogP contribution < -0.4 is 0 Å². The zero-order valence-electron chi connectivity index (χ0n) is 7.47. The van der Waals surface area contributed by atoms with Gasteiger partial charge in [-0.05, 0) is 6.92 Å². The van der Waals surface area contributed by atoms with Crippen molar-refractivity contribution in [2.24, 2.45) is 0 Å². The number of carbonyl (C=O) groups is 1. The minimum Gasteiger partial charge on any atom is -0.286 e. The number of hydrogen-bond donors (Lipinski definition) is 0. The van der Waals surface area contributed by atoms with Gasteiger partial charge in [0.15, 0.2) is 0 Å². The Bertz CT molecular complexity index is 452. The van der Waals surface area contributed by atoms with E-state index >= 15 is 0 Å². The first kappa shape index (κ1) is 8.96. The SMILES string of the molecule is Cc1ncsc1C(=O)c1cnccn1. The molecule has 0 unspecified atom stereocenters. The molecule has 0 radical (unpaired) electrons. The van der Waals surface area contributed by atoms with Gasteiger partial charge in [0.25, 0.3) is 0 Å². The van der Waals surface area contributed by atoms with Gasteiger partial charge in [0.05, 0.1) is 22.3 Å². The molecule has 2 aromatic rings. The first-order valence-electron chi connectivity index (χ1n) is 4.00. The number of carbonyl (C=O) groups excluding carboxylic acids is 1. The second-order valence-electron chi connectivity index (χ2n) is 2.69. The highest BCUT2D eigenvalue weighted by Crippen LogP contribution is 2.15. The summed E-state index contributed by atoms with van der Waals surface area (Å²) in [5.74, 6) is -0.113. The fraction of sp³-hybridized carbons (Fsp3) is 0.111. The largest absolute Gasteiger partial charge is 0.286 e. The Morgan fingerprint density at radius 2 is 2.21 bits per heavy atom. The van der Waals surface area contributed by atoms with Crippen LogP contribution in [0, 0.1) is 6.92 Å². The van der Waals surface area contributed by atoms with Gasteiger partial charge in [0, 0.05) is 12.4 Å². The van der Waals surface area contributed by atoms with Crippen molar-refractivity contribution in [1.82, 2.24) is 15.0 Å². The highest BCUT2D eigenvalue weighted by atomic mass is 32.1. The van der Waals surface area contributed by atoms with Gasteiger partial charge in [-0.3, -0.25) is 9.78 Å². The summed E-state index contributed by atoms with van der Waals surface area (Å²) in [4.78, 5) is 24.2. The van der Waals surface area contributed by atoms with Crippen LogP contribution in [0.25, 0.3) is 0 Å². The zero-order valence-corrected chi connectivity index (χ0v) is 8.28. The highest BCUT2D eigenvalue weighted by Gasteiger charge is 2.14. The van der Waals surface area contributed by atoms with E-state index in [-0.39, 0.29) is 5.78 Å². The standard InChI is InChI=1S/C9H7N3OS/c1-6-9(14-5-12-6)8(13)7-4-10-2-3-11-7/h2-5H,1H3. The van der Waals surface area contributed by atoms with E-state index in [4.69, 9.17) is 0 Å². The van der Waals surface area contributed by atoms with Crippen molar-refractivity contribution in [2.45, 2.75) is 6.92 Å². The van der Waals surface area contributed by atoms with Crippen LogP contribution in [-0.4, -0.2) is 20.7 Å². The van der Waals surface area contributed by atoms with Gasteiger partial charge in [-0.2, -0.15) is 0 Å². The Hall–Kier alpha value is -1.62. The van der Waals surface area contributed by atoms with E-state index < -0.39 is 0 Å². The van der Waals surface area contributed by atoms with E-state index in [9.17, 15) is 4.79 Å². The lowest BCUT2D eigenvalue weighted by molar-refractivity contribution is 0.103. The maximum Gasteiger partial charge on any atom is 0.224 e. The van der Waals surface area contributed by atoms with E-state index in [1.807, 2.05) is 0 Å². The molecule has 2 heterocycles.